The van der Waals surface area contributed by atoms with Gasteiger partial charge in [-0.2, -0.15) is 0 Å². The standard InChI is InChI=1S/C32H44N4O4/c33-19-11-7-3-1-5-9-13-21-35-29(37)23-15-17-25-28-26(18-16-24(27(23)28)30(35)38)32(40)36(31(25)39)22-14-10-6-2-4-8-12-20-34/h15-18H,1-14,19-22,33-34H2. The van der Waals surface area contributed by atoms with Gasteiger partial charge in [-0.1, -0.05) is 64.2 Å². The van der Waals surface area contributed by atoms with Gasteiger partial charge < -0.3 is 11.5 Å². The molecule has 2 aromatic rings. The number of hydrogen-bond donors (Lipinski definition) is 2. The second-order valence-electron chi connectivity index (χ2n) is 11.1. The molecule has 0 spiro atoms. The average molecular weight is 549 g/mol. The van der Waals surface area contributed by atoms with E-state index in [1.54, 1.807) is 24.3 Å². The Labute approximate surface area is 237 Å². The number of amides is 4. The van der Waals surface area contributed by atoms with Gasteiger partial charge in [-0.15, -0.1) is 0 Å². The van der Waals surface area contributed by atoms with E-state index in [4.69, 9.17) is 11.5 Å². The summed E-state index contributed by atoms with van der Waals surface area (Å²) >= 11 is 0. The van der Waals surface area contributed by atoms with Gasteiger partial charge in [0.25, 0.3) is 23.6 Å². The highest BCUT2D eigenvalue weighted by molar-refractivity contribution is 6.33. The first kappa shape index (κ1) is 29.9. The van der Waals surface area contributed by atoms with Crippen LogP contribution in [0.4, 0.5) is 0 Å². The number of carbonyl (C=O) groups is 4. The van der Waals surface area contributed by atoms with Crippen molar-refractivity contribution in [3.8, 4) is 0 Å². The summed E-state index contributed by atoms with van der Waals surface area (Å²) in [6.45, 7) is 2.19. The predicted octanol–water partition coefficient (Wildman–Crippen LogP) is 5.41. The van der Waals surface area contributed by atoms with Crippen LogP contribution in [0.3, 0.4) is 0 Å². The molecule has 0 fully saturated rings. The SMILES string of the molecule is NCCCCCCCCCN1C(=O)c2ccc3c4c(ccc(c24)C1=O)C(=O)N(CCCCCCCCCN)C3=O. The van der Waals surface area contributed by atoms with Crippen LogP contribution in [-0.4, -0.2) is 59.6 Å². The number of rotatable bonds is 18. The fourth-order valence-electron chi connectivity index (χ4n) is 5.98. The van der Waals surface area contributed by atoms with E-state index in [0.29, 0.717) is 46.1 Å². The monoisotopic (exact) mass is 548 g/mol. The van der Waals surface area contributed by atoms with Crippen molar-refractivity contribution in [2.24, 2.45) is 11.5 Å². The van der Waals surface area contributed by atoms with Crippen molar-refractivity contribution in [3.05, 3.63) is 46.5 Å². The summed E-state index contributed by atoms with van der Waals surface area (Å²) in [4.78, 5) is 56.2. The Hall–Kier alpha value is -3.10. The fraction of sp³-hybridized carbons (Fsp3) is 0.562. The van der Waals surface area contributed by atoms with E-state index < -0.39 is 0 Å². The molecule has 8 heteroatoms. The summed E-state index contributed by atoms with van der Waals surface area (Å²) in [6, 6.07) is 6.60. The fourth-order valence-corrected chi connectivity index (χ4v) is 5.98. The van der Waals surface area contributed by atoms with Gasteiger partial charge in [0.15, 0.2) is 0 Å². The van der Waals surface area contributed by atoms with E-state index in [9.17, 15) is 19.2 Å². The molecule has 4 N–H and O–H groups in total. The van der Waals surface area contributed by atoms with Gasteiger partial charge >= 0.3 is 0 Å². The minimum absolute atomic E-state index is 0.349. The third-order valence-corrected chi connectivity index (χ3v) is 8.23. The van der Waals surface area contributed by atoms with Crippen LogP contribution in [0, 0.1) is 0 Å². The number of unbranched alkanes of at least 4 members (excludes halogenated alkanes) is 12. The first-order valence-electron chi connectivity index (χ1n) is 15.2. The highest BCUT2D eigenvalue weighted by atomic mass is 16.2. The lowest BCUT2D eigenvalue weighted by Crippen LogP contribution is -2.43. The summed E-state index contributed by atoms with van der Waals surface area (Å²) in [5.74, 6) is -1.40. The quantitative estimate of drug-likeness (QED) is 0.189. The van der Waals surface area contributed by atoms with Crippen molar-refractivity contribution in [1.82, 2.24) is 9.80 Å². The van der Waals surface area contributed by atoms with Gasteiger partial charge in [-0.25, -0.2) is 0 Å². The van der Waals surface area contributed by atoms with Gasteiger partial charge in [-0.05, 0) is 63.0 Å². The molecule has 40 heavy (non-hydrogen) atoms. The first-order chi connectivity index (χ1) is 19.5. The van der Waals surface area contributed by atoms with E-state index in [2.05, 4.69) is 0 Å². The zero-order valence-electron chi connectivity index (χ0n) is 23.7. The van der Waals surface area contributed by atoms with Gasteiger partial charge in [0, 0.05) is 46.1 Å². The maximum Gasteiger partial charge on any atom is 0.261 e. The molecular weight excluding hydrogens is 504 g/mol. The Balaban J connectivity index is 1.41. The van der Waals surface area contributed by atoms with E-state index in [-0.39, 0.29) is 23.6 Å². The van der Waals surface area contributed by atoms with Crippen molar-refractivity contribution in [3.63, 3.8) is 0 Å². The molecule has 2 heterocycles. The highest BCUT2D eigenvalue weighted by Crippen LogP contribution is 2.38. The molecule has 0 unspecified atom stereocenters. The molecule has 2 aliphatic heterocycles. The Morgan fingerprint density at radius 2 is 0.650 bits per heavy atom. The van der Waals surface area contributed by atoms with Crippen molar-refractivity contribution in [2.75, 3.05) is 26.2 Å². The summed E-state index contributed by atoms with van der Waals surface area (Å²) in [5.41, 5.74) is 12.6. The van der Waals surface area contributed by atoms with Crippen LogP contribution in [0.1, 0.15) is 131 Å². The number of imide groups is 2. The summed E-state index contributed by atoms with van der Waals surface area (Å²) in [7, 11) is 0. The zero-order chi connectivity index (χ0) is 28.5. The van der Waals surface area contributed by atoms with Gasteiger partial charge in [0.05, 0.1) is 0 Å². The molecule has 0 atom stereocenters. The lowest BCUT2D eigenvalue weighted by Gasteiger charge is -2.32. The van der Waals surface area contributed by atoms with Crippen LogP contribution in [0.15, 0.2) is 24.3 Å². The second-order valence-corrected chi connectivity index (χ2v) is 11.1. The second kappa shape index (κ2) is 14.5. The van der Waals surface area contributed by atoms with Crippen molar-refractivity contribution in [1.29, 1.82) is 0 Å². The molecule has 2 aromatic carbocycles. The number of nitrogens with two attached hydrogens (primary N) is 2. The van der Waals surface area contributed by atoms with Crippen molar-refractivity contribution in [2.45, 2.75) is 89.9 Å². The molecule has 0 saturated carbocycles. The van der Waals surface area contributed by atoms with E-state index >= 15 is 0 Å². The van der Waals surface area contributed by atoms with E-state index in [0.717, 1.165) is 103 Å². The number of carbonyl (C=O) groups excluding carboxylic acids is 4. The summed E-state index contributed by atoms with van der Waals surface area (Å²) in [6.07, 6.45) is 14.5. The van der Waals surface area contributed by atoms with Crippen LogP contribution in [0.25, 0.3) is 10.8 Å². The van der Waals surface area contributed by atoms with Crippen LogP contribution < -0.4 is 11.5 Å². The third kappa shape index (κ3) is 6.44. The van der Waals surface area contributed by atoms with Crippen molar-refractivity contribution < 1.29 is 19.2 Å². The molecular formula is C32H44N4O4. The molecule has 8 nitrogen and oxygen atoms in total. The average Bonchev–Trinajstić information content (AvgIpc) is 2.96. The lowest BCUT2D eigenvalue weighted by molar-refractivity contribution is 0.0586. The Morgan fingerprint density at radius 3 is 0.925 bits per heavy atom. The maximum absolute atomic E-state index is 13.4. The van der Waals surface area contributed by atoms with E-state index in [1.165, 1.54) is 9.80 Å². The normalized spacial score (nSPS) is 14.7. The molecule has 216 valence electrons. The molecule has 4 rings (SSSR count). The molecule has 2 aliphatic rings. The third-order valence-electron chi connectivity index (χ3n) is 8.23. The zero-order valence-corrected chi connectivity index (χ0v) is 23.7. The van der Waals surface area contributed by atoms with Gasteiger partial charge in [-0.3, -0.25) is 29.0 Å². The minimum atomic E-state index is -0.349. The summed E-state index contributed by atoms with van der Waals surface area (Å²) in [5, 5.41) is 0.889. The largest absolute Gasteiger partial charge is 0.330 e. The van der Waals surface area contributed by atoms with Crippen LogP contribution in [0.5, 0.6) is 0 Å². The molecule has 4 amide bonds. The van der Waals surface area contributed by atoms with Gasteiger partial charge in [0.2, 0.25) is 0 Å². The molecule has 0 saturated heterocycles. The number of hydrogen-bond acceptors (Lipinski definition) is 6. The first-order valence-corrected chi connectivity index (χ1v) is 15.2. The molecule has 0 aromatic heterocycles. The van der Waals surface area contributed by atoms with Gasteiger partial charge in [0.1, 0.15) is 0 Å². The van der Waals surface area contributed by atoms with Crippen molar-refractivity contribution >= 4 is 34.4 Å². The summed E-state index contributed by atoms with van der Waals surface area (Å²) < 4.78 is 0. The number of benzene rings is 2. The molecule has 0 aliphatic carbocycles. The Morgan fingerprint density at radius 1 is 0.400 bits per heavy atom. The highest BCUT2D eigenvalue weighted by Gasteiger charge is 2.39. The molecule has 0 radical (unpaired) electrons. The predicted molar refractivity (Wildman–Crippen MR) is 157 cm³/mol. The van der Waals surface area contributed by atoms with E-state index in [1.807, 2.05) is 0 Å². The molecule has 0 bridgehead atoms. The maximum atomic E-state index is 13.4. The topological polar surface area (TPSA) is 127 Å². The smallest absolute Gasteiger partial charge is 0.261 e. The minimum Gasteiger partial charge on any atom is -0.330 e. The van der Waals surface area contributed by atoms with Crippen LogP contribution in [0.2, 0.25) is 0 Å². The Bertz CT molecular complexity index is 1080. The van der Waals surface area contributed by atoms with Crippen LogP contribution in [-0.2, 0) is 0 Å². The van der Waals surface area contributed by atoms with Crippen LogP contribution >= 0.6 is 0 Å². The lowest BCUT2D eigenvalue weighted by atomic mass is 9.86. The number of nitrogens with zero attached hydrogens (tertiary/aromatic N) is 2. The Kier molecular flexibility index (Phi) is 10.8.